The first-order valence-corrected chi connectivity index (χ1v) is 10.7. The number of carbonyl (C=O) groups excluding carboxylic acids is 1. The van der Waals surface area contributed by atoms with Crippen molar-refractivity contribution in [1.29, 1.82) is 0 Å². The van der Waals surface area contributed by atoms with Crippen molar-refractivity contribution in [3.63, 3.8) is 0 Å². The summed E-state index contributed by atoms with van der Waals surface area (Å²) in [5.74, 6) is -1.39. The van der Waals surface area contributed by atoms with Crippen LogP contribution in [0.3, 0.4) is 0 Å². The Hall–Kier alpha value is -2.48. The number of amides is 1. The highest BCUT2D eigenvalue weighted by Crippen LogP contribution is 2.24. The number of carbonyl (C=O) groups is 1. The summed E-state index contributed by atoms with van der Waals surface area (Å²) in [6.07, 6.45) is 0.796. The van der Waals surface area contributed by atoms with Crippen molar-refractivity contribution in [2.24, 2.45) is 0 Å². The third kappa shape index (κ3) is 4.67. The van der Waals surface area contributed by atoms with Crippen LogP contribution in [0.25, 0.3) is 0 Å². The van der Waals surface area contributed by atoms with Crippen molar-refractivity contribution < 1.29 is 22.0 Å². The van der Waals surface area contributed by atoms with Crippen molar-refractivity contribution >= 4 is 21.4 Å². The summed E-state index contributed by atoms with van der Waals surface area (Å²) >= 11 is 0. The molecule has 0 radical (unpaired) electrons. The average molecular weight is 408 g/mol. The van der Waals surface area contributed by atoms with Gasteiger partial charge in [-0.05, 0) is 36.2 Å². The fraction of sp³-hybridized carbons (Fsp3) is 0.350. The third-order valence-corrected chi connectivity index (χ3v) is 6.58. The highest BCUT2D eigenvalue weighted by Gasteiger charge is 2.26. The quantitative estimate of drug-likeness (QED) is 0.798. The van der Waals surface area contributed by atoms with Crippen LogP contribution in [0.5, 0.6) is 0 Å². The first-order valence-electron chi connectivity index (χ1n) is 9.09. The molecule has 1 heterocycles. The SMILES string of the molecule is CCS(=O)(=O)c1ccc(CC(=O)NC2CCN(c3ccc(F)cc3F)C2)cc1. The minimum Gasteiger partial charge on any atom is -0.367 e. The first kappa shape index (κ1) is 20.3. The van der Waals surface area contributed by atoms with Gasteiger partial charge in [-0.1, -0.05) is 19.1 Å². The lowest BCUT2D eigenvalue weighted by Crippen LogP contribution is -2.38. The number of sulfone groups is 1. The van der Waals surface area contributed by atoms with Gasteiger partial charge in [0, 0.05) is 25.2 Å². The van der Waals surface area contributed by atoms with Crippen molar-refractivity contribution in [1.82, 2.24) is 5.32 Å². The molecule has 0 bridgehead atoms. The molecule has 5 nitrogen and oxygen atoms in total. The fourth-order valence-corrected chi connectivity index (χ4v) is 4.16. The smallest absolute Gasteiger partial charge is 0.224 e. The Labute approximate surface area is 163 Å². The van der Waals surface area contributed by atoms with Gasteiger partial charge in [-0.15, -0.1) is 0 Å². The van der Waals surface area contributed by atoms with E-state index in [1.807, 2.05) is 0 Å². The Morgan fingerprint density at radius 2 is 1.89 bits per heavy atom. The summed E-state index contributed by atoms with van der Waals surface area (Å²) in [7, 11) is -3.26. The van der Waals surface area contributed by atoms with Gasteiger partial charge in [0.05, 0.1) is 22.8 Å². The Kier molecular flexibility index (Phi) is 5.98. The number of rotatable bonds is 6. The molecule has 8 heteroatoms. The Morgan fingerprint density at radius 3 is 2.54 bits per heavy atom. The van der Waals surface area contributed by atoms with Crippen molar-refractivity contribution in [2.75, 3.05) is 23.7 Å². The van der Waals surface area contributed by atoms with Gasteiger partial charge in [0.1, 0.15) is 11.6 Å². The van der Waals surface area contributed by atoms with E-state index >= 15 is 0 Å². The fourth-order valence-electron chi connectivity index (χ4n) is 3.28. The van der Waals surface area contributed by atoms with Crippen LogP contribution in [0.15, 0.2) is 47.4 Å². The lowest BCUT2D eigenvalue weighted by Gasteiger charge is -2.19. The minimum absolute atomic E-state index is 0.0274. The molecule has 1 N–H and O–H groups in total. The summed E-state index contributed by atoms with van der Waals surface area (Å²) in [6.45, 7) is 2.60. The molecule has 1 fully saturated rings. The lowest BCUT2D eigenvalue weighted by atomic mass is 10.1. The maximum absolute atomic E-state index is 13.9. The van der Waals surface area contributed by atoms with Crippen LogP contribution < -0.4 is 10.2 Å². The van der Waals surface area contributed by atoms with E-state index in [0.717, 1.165) is 6.07 Å². The zero-order valence-corrected chi connectivity index (χ0v) is 16.3. The van der Waals surface area contributed by atoms with Crippen molar-refractivity contribution in [3.05, 3.63) is 59.7 Å². The molecule has 150 valence electrons. The minimum atomic E-state index is -3.26. The molecule has 1 aliphatic rings. The summed E-state index contributed by atoms with van der Waals surface area (Å²) in [5, 5.41) is 2.92. The van der Waals surface area contributed by atoms with E-state index < -0.39 is 21.5 Å². The predicted octanol–water partition coefficient (Wildman–Crippen LogP) is 2.70. The van der Waals surface area contributed by atoms with Gasteiger partial charge in [-0.3, -0.25) is 4.79 Å². The first-order chi connectivity index (χ1) is 13.3. The number of hydrogen-bond donors (Lipinski definition) is 1. The van der Waals surface area contributed by atoms with Crippen LogP contribution in [0.4, 0.5) is 14.5 Å². The molecular weight excluding hydrogens is 386 g/mol. The highest BCUT2D eigenvalue weighted by atomic mass is 32.2. The second-order valence-corrected chi connectivity index (χ2v) is 9.10. The van der Waals surface area contributed by atoms with Crippen molar-refractivity contribution in [3.8, 4) is 0 Å². The van der Waals surface area contributed by atoms with Crippen LogP contribution >= 0.6 is 0 Å². The zero-order chi connectivity index (χ0) is 20.3. The molecule has 0 aromatic heterocycles. The average Bonchev–Trinajstić information content (AvgIpc) is 3.10. The molecule has 2 aromatic carbocycles. The second-order valence-electron chi connectivity index (χ2n) is 6.82. The molecule has 0 aliphatic carbocycles. The standard InChI is InChI=1S/C20H22F2N2O3S/c1-2-28(26,27)17-6-3-14(4-7-17)11-20(25)23-16-9-10-24(13-16)19-8-5-15(21)12-18(19)22/h3-8,12,16H,2,9-11,13H2,1H3,(H,23,25). The van der Waals surface area contributed by atoms with E-state index in [0.29, 0.717) is 30.8 Å². The monoisotopic (exact) mass is 408 g/mol. The van der Waals surface area contributed by atoms with E-state index in [-0.39, 0.29) is 29.0 Å². The number of hydrogen-bond acceptors (Lipinski definition) is 4. The summed E-state index contributed by atoms with van der Waals surface area (Å²) in [4.78, 5) is 14.3. The maximum atomic E-state index is 13.9. The second kappa shape index (κ2) is 8.26. The lowest BCUT2D eigenvalue weighted by molar-refractivity contribution is -0.121. The van der Waals surface area contributed by atoms with Gasteiger partial charge >= 0.3 is 0 Å². The number of anilines is 1. The maximum Gasteiger partial charge on any atom is 0.224 e. The zero-order valence-electron chi connectivity index (χ0n) is 15.5. The topological polar surface area (TPSA) is 66.5 Å². The van der Waals surface area contributed by atoms with Gasteiger partial charge in [0.15, 0.2) is 9.84 Å². The number of benzene rings is 2. The van der Waals surface area contributed by atoms with Gasteiger partial charge in [-0.2, -0.15) is 0 Å². The summed E-state index contributed by atoms with van der Waals surface area (Å²) in [5.41, 5.74) is 1.04. The molecule has 1 unspecified atom stereocenters. The Morgan fingerprint density at radius 1 is 1.18 bits per heavy atom. The van der Waals surface area contributed by atoms with Crippen LogP contribution in [0, 0.1) is 11.6 Å². The van der Waals surface area contributed by atoms with Crippen LogP contribution in [0.1, 0.15) is 18.9 Å². The van der Waals surface area contributed by atoms with E-state index in [1.54, 1.807) is 24.0 Å². The van der Waals surface area contributed by atoms with Gasteiger partial charge in [0.25, 0.3) is 0 Å². The Balaban J connectivity index is 1.56. The van der Waals surface area contributed by atoms with E-state index in [4.69, 9.17) is 0 Å². The molecule has 0 saturated carbocycles. The summed E-state index contributed by atoms with van der Waals surface area (Å²) in [6, 6.07) is 9.63. The summed E-state index contributed by atoms with van der Waals surface area (Å²) < 4.78 is 50.6. The normalized spacial score (nSPS) is 17.0. The molecule has 3 rings (SSSR count). The molecule has 1 aliphatic heterocycles. The Bertz CT molecular complexity index is 962. The molecule has 2 aromatic rings. The van der Waals surface area contributed by atoms with Gasteiger partial charge < -0.3 is 10.2 Å². The van der Waals surface area contributed by atoms with Crippen LogP contribution in [-0.2, 0) is 21.1 Å². The van der Waals surface area contributed by atoms with E-state index in [2.05, 4.69) is 5.32 Å². The molecule has 1 atom stereocenters. The third-order valence-electron chi connectivity index (χ3n) is 4.83. The number of nitrogens with one attached hydrogen (secondary N) is 1. The van der Waals surface area contributed by atoms with Crippen LogP contribution in [-0.4, -0.2) is 39.2 Å². The molecular formula is C20H22F2N2O3S. The molecule has 0 spiro atoms. The van der Waals surface area contributed by atoms with Gasteiger partial charge in [0.2, 0.25) is 5.91 Å². The number of nitrogens with zero attached hydrogens (tertiary/aromatic N) is 1. The van der Waals surface area contributed by atoms with Crippen molar-refractivity contribution in [2.45, 2.75) is 30.7 Å². The largest absolute Gasteiger partial charge is 0.367 e. The molecule has 1 amide bonds. The number of halogens is 2. The molecule has 1 saturated heterocycles. The van der Waals surface area contributed by atoms with Crippen LogP contribution in [0.2, 0.25) is 0 Å². The van der Waals surface area contributed by atoms with E-state index in [1.165, 1.54) is 24.3 Å². The predicted molar refractivity (Wildman–Crippen MR) is 103 cm³/mol. The molecule has 28 heavy (non-hydrogen) atoms. The van der Waals surface area contributed by atoms with E-state index in [9.17, 15) is 22.0 Å². The highest BCUT2D eigenvalue weighted by molar-refractivity contribution is 7.91. The van der Waals surface area contributed by atoms with Gasteiger partial charge in [-0.25, -0.2) is 17.2 Å².